The van der Waals surface area contributed by atoms with Crippen LogP contribution in [0.25, 0.3) is 0 Å². The van der Waals surface area contributed by atoms with E-state index in [0.29, 0.717) is 0 Å². The zero-order chi connectivity index (χ0) is 12.3. The van der Waals surface area contributed by atoms with Gasteiger partial charge in [-0.3, -0.25) is 24.7 Å². The van der Waals surface area contributed by atoms with E-state index in [0.717, 1.165) is 0 Å². The highest BCUT2D eigenvalue weighted by Crippen LogP contribution is 2.11. The molecule has 0 aromatic carbocycles. The number of aromatic nitrogens is 2. The van der Waals surface area contributed by atoms with Crippen LogP contribution in [-0.2, 0) is 9.59 Å². The second-order valence-electron chi connectivity index (χ2n) is 3.04. The quantitative estimate of drug-likeness (QED) is 0.527. The van der Waals surface area contributed by atoms with Gasteiger partial charge in [-0.05, 0) is 0 Å². The summed E-state index contributed by atoms with van der Waals surface area (Å²) in [5.41, 5.74) is 4.54. The highest BCUT2D eigenvalue weighted by atomic mass is 16.2. The van der Waals surface area contributed by atoms with Crippen LogP contribution in [0.1, 0.15) is 13.8 Å². The summed E-state index contributed by atoms with van der Waals surface area (Å²) in [7, 11) is 0. The molecule has 0 aliphatic heterocycles. The normalized spacial score (nSPS) is 9.62. The number of aromatic amines is 1. The van der Waals surface area contributed by atoms with E-state index in [1.54, 1.807) is 0 Å². The summed E-state index contributed by atoms with van der Waals surface area (Å²) in [6.07, 6.45) is 0. The molecule has 86 valence electrons. The fourth-order valence-electron chi connectivity index (χ4n) is 0.970. The first-order valence-electron chi connectivity index (χ1n) is 4.35. The van der Waals surface area contributed by atoms with Crippen LogP contribution in [0.2, 0.25) is 0 Å². The Morgan fingerprint density at radius 1 is 1.25 bits per heavy atom. The molecule has 0 bridgehead atoms. The molecule has 0 radical (unpaired) electrons. The van der Waals surface area contributed by atoms with E-state index in [2.05, 4.69) is 20.6 Å². The number of nitrogens with two attached hydrogens (primary N) is 1. The molecular formula is C8H11N5O3. The minimum Gasteiger partial charge on any atom is -0.391 e. The number of hydrogen-bond donors (Lipinski definition) is 4. The van der Waals surface area contributed by atoms with Gasteiger partial charge in [-0.1, -0.05) is 0 Å². The van der Waals surface area contributed by atoms with Crippen LogP contribution >= 0.6 is 0 Å². The maximum Gasteiger partial charge on any atom is 0.277 e. The molecule has 8 heteroatoms. The van der Waals surface area contributed by atoms with Crippen molar-refractivity contribution in [2.75, 3.05) is 16.4 Å². The van der Waals surface area contributed by atoms with Gasteiger partial charge in [-0.15, -0.1) is 0 Å². The smallest absolute Gasteiger partial charge is 0.277 e. The van der Waals surface area contributed by atoms with Crippen LogP contribution in [0.15, 0.2) is 4.79 Å². The molecule has 0 aliphatic carbocycles. The number of carbonyl (C=O) groups excluding carboxylic acids is 2. The van der Waals surface area contributed by atoms with Crippen LogP contribution in [0.3, 0.4) is 0 Å². The number of nitrogens with one attached hydrogen (secondary N) is 3. The average Bonchev–Trinajstić information content (AvgIpc) is 2.11. The number of carbonyl (C=O) groups is 2. The molecule has 0 atom stereocenters. The Balaban J connectivity index is 3.16. The van der Waals surface area contributed by atoms with E-state index in [4.69, 9.17) is 5.73 Å². The number of nitrogens with zero attached hydrogens (tertiary/aromatic N) is 1. The van der Waals surface area contributed by atoms with Crippen molar-refractivity contribution < 1.29 is 9.59 Å². The van der Waals surface area contributed by atoms with Crippen molar-refractivity contribution in [1.29, 1.82) is 0 Å². The summed E-state index contributed by atoms with van der Waals surface area (Å²) < 4.78 is 0. The number of anilines is 3. The van der Waals surface area contributed by atoms with Gasteiger partial charge in [0.1, 0.15) is 5.69 Å². The number of rotatable bonds is 2. The number of nitrogen functional groups attached to an aromatic ring is 1. The lowest BCUT2D eigenvalue weighted by Gasteiger charge is -2.07. The van der Waals surface area contributed by atoms with E-state index >= 15 is 0 Å². The van der Waals surface area contributed by atoms with Crippen LogP contribution in [0.4, 0.5) is 17.5 Å². The van der Waals surface area contributed by atoms with Gasteiger partial charge >= 0.3 is 0 Å². The molecule has 1 aromatic rings. The van der Waals surface area contributed by atoms with Gasteiger partial charge in [0.25, 0.3) is 5.56 Å². The zero-order valence-electron chi connectivity index (χ0n) is 8.75. The first-order chi connectivity index (χ1) is 7.40. The van der Waals surface area contributed by atoms with Crippen molar-refractivity contribution in [2.45, 2.75) is 13.8 Å². The second kappa shape index (κ2) is 4.43. The third-order valence-corrected chi connectivity index (χ3v) is 1.54. The molecule has 1 aromatic heterocycles. The average molecular weight is 225 g/mol. The van der Waals surface area contributed by atoms with Gasteiger partial charge in [-0.25, -0.2) is 0 Å². The fourth-order valence-corrected chi connectivity index (χ4v) is 0.970. The van der Waals surface area contributed by atoms with E-state index in [1.165, 1.54) is 13.8 Å². The van der Waals surface area contributed by atoms with E-state index in [-0.39, 0.29) is 17.5 Å². The second-order valence-corrected chi connectivity index (χ2v) is 3.04. The summed E-state index contributed by atoms with van der Waals surface area (Å²) in [6.45, 7) is 2.51. The van der Waals surface area contributed by atoms with Crippen LogP contribution in [0.5, 0.6) is 0 Å². The molecule has 1 rings (SSSR count). The molecule has 0 saturated heterocycles. The lowest BCUT2D eigenvalue weighted by Crippen LogP contribution is -2.22. The standard InChI is InChI=1S/C8H11N5O3/c1-3(14)10-6-5(9)7(16)13-8(12-6)11-4(2)15/h9H2,1-2H3,(H3,10,11,12,13,14,15,16). The topological polar surface area (TPSA) is 130 Å². The minimum absolute atomic E-state index is 0.0737. The Morgan fingerprint density at radius 2 is 1.81 bits per heavy atom. The van der Waals surface area contributed by atoms with Crippen molar-refractivity contribution in [3.05, 3.63) is 10.4 Å². The molecular weight excluding hydrogens is 214 g/mol. The lowest BCUT2D eigenvalue weighted by atomic mass is 10.4. The summed E-state index contributed by atoms with van der Waals surface area (Å²) >= 11 is 0. The molecule has 0 saturated carbocycles. The van der Waals surface area contributed by atoms with Gasteiger partial charge in [-0.2, -0.15) is 4.98 Å². The van der Waals surface area contributed by atoms with Crippen LogP contribution < -0.4 is 21.9 Å². The maximum atomic E-state index is 11.3. The van der Waals surface area contributed by atoms with Gasteiger partial charge in [0.2, 0.25) is 17.8 Å². The summed E-state index contributed by atoms with van der Waals surface area (Å²) in [5.74, 6) is -0.976. The number of hydrogen-bond acceptors (Lipinski definition) is 5. The Hall–Kier alpha value is -2.38. The van der Waals surface area contributed by atoms with Crippen molar-refractivity contribution in [2.24, 2.45) is 0 Å². The number of H-pyrrole nitrogens is 1. The van der Waals surface area contributed by atoms with E-state index < -0.39 is 17.4 Å². The molecule has 2 amide bonds. The van der Waals surface area contributed by atoms with E-state index in [9.17, 15) is 14.4 Å². The van der Waals surface area contributed by atoms with Crippen molar-refractivity contribution in [3.63, 3.8) is 0 Å². The van der Waals surface area contributed by atoms with Crippen LogP contribution in [-0.4, -0.2) is 21.8 Å². The SMILES string of the molecule is CC(=O)Nc1nc(NC(C)=O)c(N)c(=O)[nH]1. The van der Waals surface area contributed by atoms with Crippen molar-refractivity contribution in [1.82, 2.24) is 9.97 Å². The molecule has 1 heterocycles. The minimum atomic E-state index is -0.637. The fraction of sp³-hybridized carbons (Fsp3) is 0.250. The Labute approximate surface area is 90.3 Å². The number of amides is 2. The van der Waals surface area contributed by atoms with Gasteiger partial charge < -0.3 is 11.1 Å². The predicted octanol–water partition coefficient (Wildman–Crippen LogP) is -0.731. The summed E-state index contributed by atoms with van der Waals surface area (Å²) in [5, 5.41) is 4.56. The summed E-state index contributed by atoms with van der Waals surface area (Å²) in [6, 6.07) is 0. The molecule has 0 spiro atoms. The van der Waals surface area contributed by atoms with Gasteiger partial charge in [0.05, 0.1) is 0 Å². The third-order valence-electron chi connectivity index (χ3n) is 1.54. The first kappa shape index (κ1) is 11.7. The Bertz CT molecular complexity index is 493. The third kappa shape index (κ3) is 2.80. The maximum absolute atomic E-state index is 11.3. The molecule has 5 N–H and O–H groups in total. The van der Waals surface area contributed by atoms with Gasteiger partial charge in [0.15, 0.2) is 5.82 Å². The Kier molecular flexibility index (Phi) is 3.24. The van der Waals surface area contributed by atoms with Crippen molar-refractivity contribution in [3.8, 4) is 0 Å². The monoisotopic (exact) mass is 225 g/mol. The zero-order valence-corrected chi connectivity index (χ0v) is 8.75. The highest BCUT2D eigenvalue weighted by molar-refractivity contribution is 5.91. The Morgan fingerprint density at radius 3 is 2.31 bits per heavy atom. The highest BCUT2D eigenvalue weighted by Gasteiger charge is 2.09. The molecule has 0 fully saturated rings. The van der Waals surface area contributed by atoms with Gasteiger partial charge in [0, 0.05) is 13.8 Å². The molecule has 8 nitrogen and oxygen atoms in total. The first-order valence-corrected chi connectivity index (χ1v) is 4.35. The summed E-state index contributed by atoms with van der Waals surface area (Å²) in [4.78, 5) is 38.9. The van der Waals surface area contributed by atoms with Crippen LogP contribution in [0, 0.1) is 0 Å². The predicted molar refractivity (Wildman–Crippen MR) is 57.9 cm³/mol. The lowest BCUT2D eigenvalue weighted by molar-refractivity contribution is -0.115. The molecule has 0 aliphatic rings. The van der Waals surface area contributed by atoms with Crippen molar-refractivity contribution >= 4 is 29.3 Å². The molecule has 0 unspecified atom stereocenters. The molecule has 16 heavy (non-hydrogen) atoms. The van der Waals surface area contributed by atoms with E-state index in [1.807, 2.05) is 0 Å². The largest absolute Gasteiger partial charge is 0.391 e.